The Hall–Kier alpha value is -3.42. The van der Waals surface area contributed by atoms with Crippen molar-refractivity contribution < 1.29 is 33.3 Å². The van der Waals surface area contributed by atoms with E-state index in [1.165, 1.54) is 14.2 Å². The number of carbonyl (C=O) groups is 2. The molecule has 1 atom stereocenters. The molecule has 1 N–H and O–H groups in total. The Labute approximate surface area is 162 Å². The molecule has 1 heterocycles. The average molecular weight is 387 g/mol. The number of hydrogen-bond donors (Lipinski definition) is 1. The van der Waals surface area contributed by atoms with Crippen LogP contribution in [0.2, 0.25) is 0 Å². The van der Waals surface area contributed by atoms with Crippen LogP contribution in [0.1, 0.15) is 15.9 Å². The fraction of sp³-hybridized carbons (Fsp3) is 0.300. The predicted molar refractivity (Wildman–Crippen MR) is 99.1 cm³/mol. The van der Waals surface area contributed by atoms with Gasteiger partial charge in [-0.1, -0.05) is 6.07 Å². The van der Waals surface area contributed by atoms with Crippen LogP contribution in [0.5, 0.6) is 23.0 Å². The molecule has 0 fully saturated rings. The molecule has 148 valence electrons. The van der Waals surface area contributed by atoms with E-state index in [2.05, 4.69) is 5.32 Å². The van der Waals surface area contributed by atoms with Gasteiger partial charge in [0.2, 0.25) is 6.79 Å². The summed E-state index contributed by atoms with van der Waals surface area (Å²) in [5, 5.41) is 2.71. The molecule has 0 bridgehead atoms. The first-order valence-electron chi connectivity index (χ1n) is 8.55. The van der Waals surface area contributed by atoms with Crippen molar-refractivity contribution in [1.29, 1.82) is 0 Å². The van der Waals surface area contributed by atoms with Crippen molar-refractivity contribution in [3.8, 4) is 23.0 Å². The van der Waals surface area contributed by atoms with Crippen LogP contribution < -0.4 is 24.3 Å². The summed E-state index contributed by atoms with van der Waals surface area (Å²) in [7, 11) is 4.35. The van der Waals surface area contributed by atoms with Gasteiger partial charge in [-0.3, -0.25) is 4.79 Å². The molecule has 2 aromatic carbocycles. The number of fused-ring (bicyclic) bond motifs is 1. The summed E-state index contributed by atoms with van der Waals surface area (Å²) in [5.41, 5.74) is 1.13. The van der Waals surface area contributed by atoms with Crippen LogP contribution in [-0.2, 0) is 16.0 Å². The van der Waals surface area contributed by atoms with Crippen LogP contribution in [-0.4, -0.2) is 46.0 Å². The molecule has 1 amide bonds. The summed E-state index contributed by atoms with van der Waals surface area (Å²) >= 11 is 0. The standard InChI is InChI=1S/C20H21NO7/c1-24-15-6-4-12(9-17(15)25-2)8-14(20(23)26-3)21-19(22)13-5-7-16-18(10-13)28-11-27-16/h4-7,9-10,14H,8,11H2,1-3H3,(H,21,22)/t14-/m0/s1. The lowest BCUT2D eigenvalue weighted by atomic mass is 10.0. The number of esters is 1. The van der Waals surface area contributed by atoms with Crippen molar-refractivity contribution in [3.63, 3.8) is 0 Å². The van der Waals surface area contributed by atoms with Crippen LogP contribution in [0.4, 0.5) is 0 Å². The fourth-order valence-corrected chi connectivity index (χ4v) is 2.86. The Morgan fingerprint density at radius 2 is 1.75 bits per heavy atom. The SMILES string of the molecule is COC(=O)[C@H](Cc1ccc(OC)c(OC)c1)NC(=O)c1ccc2c(c1)OCO2. The van der Waals surface area contributed by atoms with E-state index in [-0.39, 0.29) is 13.2 Å². The number of rotatable bonds is 7. The third-order valence-electron chi connectivity index (χ3n) is 4.31. The van der Waals surface area contributed by atoms with Gasteiger partial charge in [-0.25, -0.2) is 4.79 Å². The van der Waals surface area contributed by atoms with Crippen LogP contribution in [0, 0.1) is 0 Å². The number of carbonyl (C=O) groups excluding carboxylic acids is 2. The number of benzene rings is 2. The minimum atomic E-state index is -0.874. The number of ether oxygens (including phenoxy) is 5. The topological polar surface area (TPSA) is 92.3 Å². The summed E-state index contributed by atoms with van der Waals surface area (Å²) in [6, 6.07) is 9.24. The highest BCUT2D eigenvalue weighted by atomic mass is 16.7. The zero-order chi connectivity index (χ0) is 20.1. The number of amides is 1. The van der Waals surface area contributed by atoms with Crippen LogP contribution >= 0.6 is 0 Å². The fourth-order valence-electron chi connectivity index (χ4n) is 2.86. The van der Waals surface area contributed by atoms with Gasteiger partial charge in [0.1, 0.15) is 6.04 Å². The lowest BCUT2D eigenvalue weighted by molar-refractivity contribution is -0.142. The molecule has 28 heavy (non-hydrogen) atoms. The normalized spacial score (nSPS) is 12.8. The Morgan fingerprint density at radius 3 is 2.46 bits per heavy atom. The maximum Gasteiger partial charge on any atom is 0.328 e. The van der Waals surface area contributed by atoms with E-state index in [1.807, 2.05) is 0 Å². The molecule has 8 heteroatoms. The van der Waals surface area contributed by atoms with Crippen LogP contribution in [0.25, 0.3) is 0 Å². The lowest BCUT2D eigenvalue weighted by Crippen LogP contribution is -2.43. The Bertz CT molecular complexity index is 881. The maximum atomic E-state index is 12.6. The molecule has 0 aromatic heterocycles. The van der Waals surface area contributed by atoms with Crippen molar-refractivity contribution in [3.05, 3.63) is 47.5 Å². The van der Waals surface area contributed by atoms with E-state index in [1.54, 1.807) is 43.5 Å². The Morgan fingerprint density at radius 1 is 1.00 bits per heavy atom. The third kappa shape index (κ3) is 4.11. The van der Waals surface area contributed by atoms with Gasteiger partial charge in [-0.15, -0.1) is 0 Å². The van der Waals surface area contributed by atoms with E-state index in [9.17, 15) is 9.59 Å². The smallest absolute Gasteiger partial charge is 0.328 e. The van der Waals surface area contributed by atoms with Gasteiger partial charge in [0.05, 0.1) is 21.3 Å². The number of methoxy groups -OCH3 is 3. The first kappa shape index (κ1) is 19.3. The zero-order valence-corrected chi connectivity index (χ0v) is 15.8. The van der Waals surface area contributed by atoms with Crippen molar-refractivity contribution in [2.75, 3.05) is 28.1 Å². The molecule has 1 aliphatic rings. The van der Waals surface area contributed by atoms with E-state index >= 15 is 0 Å². The first-order chi connectivity index (χ1) is 13.5. The highest BCUT2D eigenvalue weighted by Crippen LogP contribution is 2.32. The Balaban J connectivity index is 1.77. The molecule has 2 aromatic rings. The number of hydrogen-bond acceptors (Lipinski definition) is 7. The molecule has 3 rings (SSSR count). The summed E-state index contributed by atoms with van der Waals surface area (Å²) in [4.78, 5) is 24.8. The van der Waals surface area contributed by atoms with Crippen LogP contribution in [0.3, 0.4) is 0 Å². The monoisotopic (exact) mass is 387 g/mol. The molecule has 0 saturated heterocycles. The maximum absolute atomic E-state index is 12.6. The number of nitrogens with one attached hydrogen (secondary N) is 1. The van der Waals surface area contributed by atoms with E-state index in [0.29, 0.717) is 28.6 Å². The molecular weight excluding hydrogens is 366 g/mol. The second-order valence-corrected chi connectivity index (χ2v) is 6.01. The van der Waals surface area contributed by atoms with E-state index in [4.69, 9.17) is 23.7 Å². The molecule has 0 saturated carbocycles. The lowest BCUT2D eigenvalue weighted by Gasteiger charge is -2.18. The van der Waals surface area contributed by atoms with Gasteiger partial charge in [-0.2, -0.15) is 0 Å². The minimum Gasteiger partial charge on any atom is -0.493 e. The third-order valence-corrected chi connectivity index (χ3v) is 4.31. The van der Waals surface area contributed by atoms with Crippen molar-refractivity contribution in [2.24, 2.45) is 0 Å². The van der Waals surface area contributed by atoms with E-state index in [0.717, 1.165) is 5.56 Å². The largest absolute Gasteiger partial charge is 0.493 e. The Kier molecular flexibility index (Phi) is 5.88. The van der Waals surface area contributed by atoms with Crippen LogP contribution in [0.15, 0.2) is 36.4 Å². The van der Waals surface area contributed by atoms with Crippen molar-refractivity contribution in [2.45, 2.75) is 12.5 Å². The second-order valence-electron chi connectivity index (χ2n) is 6.01. The molecule has 1 aliphatic heterocycles. The summed E-state index contributed by atoms with van der Waals surface area (Å²) in [6.07, 6.45) is 0.226. The average Bonchev–Trinajstić information content (AvgIpc) is 3.20. The van der Waals surface area contributed by atoms with Crippen molar-refractivity contribution in [1.82, 2.24) is 5.32 Å². The molecule has 0 unspecified atom stereocenters. The van der Waals surface area contributed by atoms with E-state index < -0.39 is 17.9 Å². The first-order valence-corrected chi connectivity index (χ1v) is 8.55. The van der Waals surface area contributed by atoms with Gasteiger partial charge >= 0.3 is 5.97 Å². The summed E-state index contributed by atoms with van der Waals surface area (Å²) < 4.78 is 25.9. The summed E-state index contributed by atoms with van der Waals surface area (Å²) in [6.45, 7) is 0.116. The molecule has 0 spiro atoms. The molecule has 0 radical (unpaired) electrons. The predicted octanol–water partition coefficient (Wildman–Crippen LogP) is 1.95. The molecule has 0 aliphatic carbocycles. The zero-order valence-electron chi connectivity index (χ0n) is 15.8. The highest BCUT2D eigenvalue weighted by molar-refractivity contribution is 5.97. The molecular formula is C20H21NO7. The van der Waals surface area contributed by atoms with Gasteiger partial charge in [-0.05, 0) is 35.9 Å². The summed E-state index contributed by atoms with van der Waals surface area (Å²) in [5.74, 6) is 1.20. The molecule has 8 nitrogen and oxygen atoms in total. The van der Waals surface area contributed by atoms with Gasteiger partial charge < -0.3 is 29.0 Å². The highest BCUT2D eigenvalue weighted by Gasteiger charge is 2.24. The minimum absolute atomic E-state index is 0.116. The van der Waals surface area contributed by atoms with Crippen molar-refractivity contribution >= 4 is 11.9 Å². The van der Waals surface area contributed by atoms with Gasteiger partial charge in [0.25, 0.3) is 5.91 Å². The quantitative estimate of drug-likeness (QED) is 0.726. The van der Waals surface area contributed by atoms with Gasteiger partial charge in [0.15, 0.2) is 23.0 Å². The second kappa shape index (κ2) is 8.51. The van der Waals surface area contributed by atoms with Gasteiger partial charge in [0, 0.05) is 12.0 Å².